The summed E-state index contributed by atoms with van der Waals surface area (Å²) in [6.07, 6.45) is 2.03. The zero-order valence-corrected chi connectivity index (χ0v) is 16.5. The summed E-state index contributed by atoms with van der Waals surface area (Å²) in [4.78, 5) is 14.9. The highest BCUT2D eigenvalue weighted by Gasteiger charge is 2.33. The summed E-state index contributed by atoms with van der Waals surface area (Å²) in [5.74, 6) is 0.518. The molecule has 0 bridgehead atoms. The third kappa shape index (κ3) is 4.54. The van der Waals surface area contributed by atoms with Crippen LogP contribution in [0.3, 0.4) is 0 Å². The first-order valence-electron chi connectivity index (χ1n) is 9.32. The van der Waals surface area contributed by atoms with Crippen LogP contribution in [0.2, 0.25) is 0 Å². The number of urea groups is 1. The van der Waals surface area contributed by atoms with Crippen LogP contribution in [-0.2, 0) is 12.0 Å². The van der Waals surface area contributed by atoms with Gasteiger partial charge in [-0.25, -0.2) is 4.79 Å². The predicted octanol–water partition coefficient (Wildman–Crippen LogP) is 4.89. The molecule has 1 fully saturated rings. The minimum atomic E-state index is -0.0961. The highest BCUT2D eigenvalue weighted by molar-refractivity contribution is 5.90. The average Bonchev–Trinajstić information content (AvgIpc) is 3.45. The van der Waals surface area contributed by atoms with E-state index in [2.05, 4.69) is 32.2 Å². The molecule has 0 spiro atoms. The fourth-order valence-electron chi connectivity index (χ4n) is 3.20. The van der Waals surface area contributed by atoms with Crippen molar-refractivity contribution in [3.8, 4) is 11.5 Å². The van der Waals surface area contributed by atoms with E-state index in [0.29, 0.717) is 12.3 Å². The Hall–Kier alpha value is -2.69. The molecule has 27 heavy (non-hydrogen) atoms. The number of para-hydroxylation sites is 1. The number of nitrogens with zero attached hydrogens (tertiary/aromatic N) is 1. The van der Waals surface area contributed by atoms with Crippen molar-refractivity contribution in [3.05, 3.63) is 53.6 Å². The van der Waals surface area contributed by atoms with Crippen molar-refractivity contribution in [2.24, 2.45) is 0 Å². The van der Waals surface area contributed by atoms with Gasteiger partial charge in [0.1, 0.15) is 0 Å². The van der Waals surface area contributed by atoms with Crippen molar-refractivity contribution in [3.63, 3.8) is 0 Å². The van der Waals surface area contributed by atoms with E-state index in [-0.39, 0.29) is 23.2 Å². The van der Waals surface area contributed by atoms with E-state index in [9.17, 15) is 9.90 Å². The molecule has 0 atom stereocenters. The molecule has 1 saturated carbocycles. The minimum Gasteiger partial charge on any atom is -0.504 e. The van der Waals surface area contributed by atoms with Crippen LogP contribution in [-0.4, -0.2) is 29.2 Å². The highest BCUT2D eigenvalue weighted by atomic mass is 16.5. The number of nitrogens with one attached hydrogen (secondary N) is 1. The van der Waals surface area contributed by atoms with E-state index < -0.39 is 0 Å². The van der Waals surface area contributed by atoms with Gasteiger partial charge in [-0.2, -0.15) is 0 Å². The third-order valence-electron chi connectivity index (χ3n) is 4.82. The Morgan fingerprint density at radius 2 is 1.93 bits per heavy atom. The van der Waals surface area contributed by atoms with Gasteiger partial charge in [-0.05, 0) is 47.6 Å². The summed E-state index contributed by atoms with van der Waals surface area (Å²) in [6, 6.07) is 13.3. The molecule has 1 aliphatic rings. The Labute approximate surface area is 161 Å². The van der Waals surface area contributed by atoms with Gasteiger partial charge in [0.15, 0.2) is 11.5 Å². The van der Waals surface area contributed by atoms with Gasteiger partial charge < -0.3 is 20.1 Å². The van der Waals surface area contributed by atoms with Crippen molar-refractivity contribution >= 4 is 11.7 Å². The van der Waals surface area contributed by atoms with Gasteiger partial charge in [0.25, 0.3) is 0 Å². The van der Waals surface area contributed by atoms with E-state index >= 15 is 0 Å². The number of methoxy groups -OCH3 is 1. The normalized spacial score (nSPS) is 13.9. The molecular weight excluding hydrogens is 340 g/mol. The average molecular weight is 368 g/mol. The van der Waals surface area contributed by atoms with Crippen LogP contribution in [0, 0.1) is 0 Å². The molecule has 0 radical (unpaired) electrons. The standard InChI is InChI=1S/C22H28N2O3/c1-22(2,3)17-7-5-6-8-18(17)23-21(26)24(16-10-11-16)14-15-9-12-19(25)20(13-15)27-4/h5-9,12-13,16,25H,10-11,14H2,1-4H3,(H,23,26). The number of anilines is 1. The van der Waals surface area contributed by atoms with Gasteiger partial charge in [0.05, 0.1) is 7.11 Å². The maximum Gasteiger partial charge on any atom is 0.322 e. The van der Waals surface area contributed by atoms with Gasteiger partial charge in [-0.1, -0.05) is 45.0 Å². The van der Waals surface area contributed by atoms with Crippen molar-refractivity contribution in [1.29, 1.82) is 0 Å². The van der Waals surface area contributed by atoms with Crippen molar-refractivity contribution < 1.29 is 14.6 Å². The molecule has 5 heteroatoms. The lowest BCUT2D eigenvalue weighted by Gasteiger charge is -2.27. The Morgan fingerprint density at radius 1 is 1.22 bits per heavy atom. The van der Waals surface area contributed by atoms with Gasteiger partial charge in [0.2, 0.25) is 0 Å². The van der Waals surface area contributed by atoms with Crippen LogP contribution in [0.5, 0.6) is 11.5 Å². The third-order valence-corrected chi connectivity index (χ3v) is 4.82. The number of amides is 2. The fourth-order valence-corrected chi connectivity index (χ4v) is 3.20. The molecule has 0 aliphatic heterocycles. The van der Waals surface area contributed by atoms with Crippen molar-refractivity contribution in [2.45, 2.75) is 51.6 Å². The van der Waals surface area contributed by atoms with Gasteiger partial charge in [-0.15, -0.1) is 0 Å². The number of hydrogen-bond acceptors (Lipinski definition) is 3. The summed E-state index contributed by atoms with van der Waals surface area (Å²) in [7, 11) is 1.52. The van der Waals surface area contributed by atoms with Gasteiger partial charge >= 0.3 is 6.03 Å². The molecular formula is C22H28N2O3. The lowest BCUT2D eigenvalue weighted by molar-refractivity contribution is 0.206. The first kappa shape index (κ1) is 19.1. The van der Waals surface area contributed by atoms with E-state index in [4.69, 9.17) is 4.74 Å². The first-order chi connectivity index (χ1) is 12.8. The second-order valence-corrected chi connectivity index (χ2v) is 8.09. The molecule has 2 aromatic carbocycles. The topological polar surface area (TPSA) is 61.8 Å². The number of carbonyl (C=O) groups is 1. The minimum absolute atomic E-state index is 0.0569. The van der Waals surface area contributed by atoms with Gasteiger partial charge in [0, 0.05) is 18.3 Å². The molecule has 2 aromatic rings. The smallest absolute Gasteiger partial charge is 0.322 e. The number of benzene rings is 2. The van der Waals surface area contributed by atoms with E-state index in [0.717, 1.165) is 29.7 Å². The van der Waals surface area contributed by atoms with Gasteiger partial charge in [-0.3, -0.25) is 0 Å². The van der Waals surface area contributed by atoms with Crippen LogP contribution >= 0.6 is 0 Å². The van der Waals surface area contributed by atoms with Crippen LogP contribution in [0.4, 0.5) is 10.5 Å². The summed E-state index contributed by atoms with van der Waals surface area (Å²) >= 11 is 0. The highest BCUT2D eigenvalue weighted by Crippen LogP contribution is 2.33. The predicted molar refractivity (Wildman–Crippen MR) is 107 cm³/mol. The van der Waals surface area contributed by atoms with Crippen LogP contribution in [0.25, 0.3) is 0 Å². The molecule has 2 amide bonds. The monoisotopic (exact) mass is 368 g/mol. The van der Waals surface area contributed by atoms with Crippen molar-refractivity contribution in [2.75, 3.05) is 12.4 Å². The molecule has 0 aromatic heterocycles. The molecule has 5 nitrogen and oxygen atoms in total. The largest absolute Gasteiger partial charge is 0.504 e. The number of carbonyl (C=O) groups excluding carboxylic acids is 1. The Balaban J connectivity index is 1.80. The van der Waals surface area contributed by atoms with Crippen LogP contribution in [0.1, 0.15) is 44.7 Å². The lowest BCUT2D eigenvalue weighted by Crippen LogP contribution is -2.36. The zero-order chi connectivity index (χ0) is 19.6. The molecule has 2 N–H and O–H groups in total. The Morgan fingerprint density at radius 3 is 2.56 bits per heavy atom. The zero-order valence-electron chi connectivity index (χ0n) is 16.5. The summed E-state index contributed by atoms with van der Waals surface area (Å²) < 4.78 is 5.18. The number of ether oxygens (including phenoxy) is 1. The SMILES string of the molecule is COc1cc(CN(C(=O)Nc2ccccc2C(C)(C)C)C2CC2)ccc1O. The number of rotatable bonds is 5. The number of phenolic OH excluding ortho intramolecular Hbond substituents is 1. The number of aromatic hydroxyl groups is 1. The number of phenols is 1. The van der Waals surface area contributed by atoms with Crippen molar-refractivity contribution in [1.82, 2.24) is 4.90 Å². The quantitative estimate of drug-likeness (QED) is 0.789. The maximum atomic E-state index is 13.0. The first-order valence-corrected chi connectivity index (χ1v) is 9.32. The molecule has 0 saturated heterocycles. The number of hydrogen-bond donors (Lipinski definition) is 2. The van der Waals surface area contributed by atoms with E-state index in [1.807, 2.05) is 29.2 Å². The molecule has 1 aliphatic carbocycles. The summed E-state index contributed by atoms with van der Waals surface area (Å²) in [5, 5.41) is 12.9. The lowest BCUT2D eigenvalue weighted by atomic mass is 9.86. The summed E-state index contributed by atoms with van der Waals surface area (Å²) in [6.45, 7) is 6.89. The van der Waals surface area contributed by atoms with Crippen LogP contribution < -0.4 is 10.1 Å². The van der Waals surface area contributed by atoms with E-state index in [1.165, 1.54) is 7.11 Å². The molecule has 144 valence electrons. The van der Waals surface area contributed by atoms with Crippen LogP contribution in [0.15, 0.2) is 42.5 Å². The Bertz CT molecular complexity index is 823. The maximum absolute atomic E-state index is 13.0. The molecule has 0 unspecified atom stereocenters. The molecule has 0 heterocycles. The second kappa shape index (κ2) is 7.51. The Kier molecular flexibility index (Phi) is 5.31. The molecule has 3 rings (SSSR count). The summed E-state index contributed by atoms with van der Waals surface area (Å²) in [5.41, 5.74) is 2.83. The fraction of sp³-hybridized carbons (Fsp3) is 0.409. The van der Waals surface area contributed by atoms with E-state index in [1.54, 1.807) is 12.1 Å². The second-order valence-electron chi connectivity index (χ2n) is 8.09.